The quantitative estimate of drug-likeness (QED) is 0.723. The van der Waals surface area contributed by atoms with Crippen molar-refractivity contribution in [3.63, 3.8) is 0 Å². The topological polar surface area (TPSA) is 66.8 Å². The molecule has 2 N–H and O–H groups in total. The first-order valence-corrected chi connectivity index (χ1v) is 4.76. The molecule has 0 bridgehead atoms. The molecule has 1 unspecified atom stereocenters. The molecule has 1 atom stereocenters. The molecule has 15 heavy (non-hydrogen) atoms. The molecular weight excluding hydrogens is 196 g/mol. The smallest absolute Gasteiger partial charge is 0.335 e. The Morgan fingerprint density at radius 3 is 2.73 bits per heavy atom. The van der Waals surface area contributed by atoms with Gasteiger partial charge in [-0.15, -0.1) is 0 Å². The number of aliphatic hydroxyl groups is 1. The van der Waals surface area contributed by atoms with E-state index in [0.29, 0.717) is 5.56 Å². The third-order valence-electron chi connectivity index (χ3n) is 1.96. The largest absolute Gasteiger partial charge is 0.508 e. The number of phenolic OH excluding ortho intramolecular Hbond substituents is 1. The Bertz CT molecular complexity index is 335. The summed E-state index contributed by atoms with van der Waals surface area (Å²) in [6.07, 6.45) is -1.16. The van der Waals surface area contributed by atoms with Gasteiger partial charge in [-0.2, -0.15) is 0 Å². The Labute approximate surface area is 88.1 Å². The summed E-state index contributed by atoms with van der Waals surface area (Å²) in [6.45, 7) is 1.90. The predicted molar refractivity (Wildman–Crippen MR) is 54.5 cm³/mol. The summed E-state index contributed by atoms with van der Waals surface area (Å²) < 4.78 is 4.65. The Balaban J connectivity index is 2.62. The molecule has 0 radical (unpaired) electrons. The van der Waals surface area contributed by atoms with Gasteiger partial charge in [0.05, 0.1) is 6.61 Å². The second-order valence-corrected chi connectivity index (χ2v) is 3.10. The Kier molecular flexibility index (Phi) is 4.12. The number of benzene rings is 1. The van der Waals surface area contributed by atoms with Crippen LogP contribution in [0.15, 0.2) is 24.3 Å². The summed E-state index contributed by atoms with van der Waals surface area (Å²) in [6, 6.07) is 6.56. The molecule has 0 aliphatic carbocycles. The van der Waals surface area contributed by atoms with Gasteiger partial charge < -0.3 is 14.9 Å². The van der Waals surface area contributed by atoms with Crippen molar-refractivity contribution in [3.05, 3.63) is 29.8 Å². The summed E-state index contributed by atoms with van der Waals surface area (Å²) in [5.74, 6) is -0.596. The molecule has 0 saturated heterocycles. The Morgan fingerprint density at radius 1 is 1.47 bits per heavy atom. The third-order valence-corrected chi connectivity index (χ3v) is 1.96. The lowest BCUT2D eigenvalue weighted by atomic mass is 10.1. The molecule has 0 aromatic heterocycles. The van der Waals surface area contributed by atoms with E-state index >= 15 is 0 Å². The van der Waals surface area contributed by atoms with Crippen LogP contribution in [0.3, 0.4) is 0 Å². The molecule has 0 heterocycles. The molecule has 4 nitrogen and oxygen atoms in total. The molecule has 4 heteroatoms. The molecule has 0 aliphatic rings. The molecule has 0 saturated carbocycles. The van der Waals surface area contributed by atoms with Crippen LogP contribution >= 0.6 is 0 Å². The first kappa shape index (κ1) is 11.5. The van der Waals surface area contributed by atoms with Crippen LogP contribution in [0.1, 0.15) is 12.5 Å². The zero-order chi connectivity index (χ0) is 11.3. The van der Waals surface area contributed by atoms with Crippen molar-refractivity contribution >= 4 is 5.97 Å². The van der Waals surface area contributed by atoms with E-state index in [-0.39, 0.29) is 18.8 Å². The van der Waals surface area contributed by atoms with Crippen LogP contribution < -0.4 is 0 Å². The number of phenols is 1. The highest BCUT2D eigenvalue weighted by molar-refractivity contribution is 5.74. The summed E-state index contributed by atoms with van der Waals surface area (Å²) in [5.41, 5.74) is 0.526. The number of aliphatic hydroxyl groups excluding tert-OH is 1. The first-order chi connectivity index (χ1) is 7.15. The average molecular weight is 210 g/mol. The van der Waals surface area contributed by atoms with Crippen molar-refractivity contribution in [1.29, 1.82) is 0 Å². The minimum absolute atomic E-state index is 0.0610. The number of hydrogen-bond donors (Lipinski definition) is 2. The van der Waals surface area contributed by atoms with Gasteiger partial charge in [0.2, 0.25) is 0 Å². The normalized spacial score (nSPS) is 12.1. The molecular formula is C11H14O4. The maximum atomic E-state index is 11.1. The number of hydrogen-bond acceptors (Lipinski definition) is 4. The minimum atomic E-state index is -1.22. The third kappa shape index (κ3) is 3.25. The zero-order valence-corrected chi connectivity index (χ0v) is 8.51. The number of esters is 1. The monoisotopic (exact) mass is 210 g/mol. The zero-order valence-electron chi connectivity index (χ0n) is 8.51. The van der Waals surface area contributed by atoms with Crippen molar-refractivity contribution < 1.29 is 19.7 Å². The van der Waals surface area contributed by atoms with E-state index in [0.717, 1.165) is 0 Å². The molecule has 82 valence electrons. The highest BCUT2D eigenvalue weighted by atomic mass is 16.5. The van der Waals surface area contributed by atoms with Gasteiger partial charge in [-0.25, -0.2) is 4.79 Å². The van der Waals surface area contributed by atoms with Gasteiger partial charge in [-0.1, -0.05) is 18.2 Å². The lowest BCUT2D eigenvalue weighted by Crippen LogP contribution is -2.25. The summed E-state index contributed by atoms with van der Waals surface area (Å²) >= 11 is 0. The molecule has 0 amide bonds. The highest BCUT2D eigenvalue weighted by Gasteiger charge is 2.17. The highest BCUT2D eigenvalue weighted by Crippen LogP contribution is 2.17. The van der Waals surface area contributed by atoms with E-state index in [1.807, 2.05) is 0 Å². The molecule has 0 spiro atoms. The molecule has 0 fully saturated rings. The van der Waals surface area contributed by atoms with Crippen LogP contribution in [0.2, 0.25) is 0 Å². The lowest BCUT2D eigenvalue weighted by molar-refractivity contribution is -0.152. The van der Waals surface area contributed by atoms with E-state index in [1.54, 1.807) is 25.1 Å². The van der Waals surface area contributed by atoms with Crippen molar-refractivity contribution in [2.75, 3.05) is 6.61 Å². The van der Waals surface area contributed by atoms with E-state index < -0.39 is 12.1 Å². The number of carbonyl (C=O) groups excluding carboxylic acids is 1. The van der Waals surface area contributed by atoms with Gasteiger partial charge in [0.15, 0.2) is 6.10 Å². The predicted octanol–water partition coefficient (Wildman–Crippen LogP) is 0.859. The van der Waals surface area contributed by atoms with Gasteiger partial charge >= 0.3 is 5.97 Å². The van der Waals surface area contributed by atoms with Gasteiger partial charge in [-0.3, -0.25) is 0 Å². The lowest BCUT2D eigenvalue weighted by Gasteiger charge is -2.10. The van der Waals surface area contributed by atoms with Gasteiger partial charge in [0, 0.05) is 6.42 Å². The van der Waals surface area contributed by atoms with Crippen LogP contribution in [-0.4, -0.2) is 28.9 Å². The van der Waals surface area contributed by atoms with Gasteiger partial charge in [-0.05, 0) is 18.6 Å². The number of rotatable bonds is 4. The maximum absolute atomic E-state index is 11.1. The minimum Gasteiger partial charge on any atom is -0.508 e. The second kappa shape index (κ2) is 5.36. The second-order valence-electron chi connectivity index (χ2n) is 3.10. The summed E-state index contributed by atoms with van der Waals surface area (Å²) in [4.78, 5) is 11.1. The van der Waals surface area contributed by atoms with Crippen LogP contribution in [0.5, 0.6) is 5.75 Å². The molecule has 1 aromatic rings. The maximum Gasteiger partial charge on any atom is 0.335 e. The SMILES string of the molecule is CCOC(=O)C(O)Cc1ccccc1O. The van der Waals surface area contributed by atoms with Crippen LogP contribution in [0, 0.1) is 0 Å². The van der Waals surface area contributed by atoms with Crippen molar-refractivity contribution in [1.82, 2.24) is 0 Å². The molecule has 1 rings (SSSR count). The van der Waals surface area contributed by atoms with Crippen molar-refractivity contribution in [2.45, 2.75) is 19.4 Å². The molecule has 1 aromatic carbocycles. The fourth-order valence-corrected chi connectivity index (χ4v) is 1.21. The van der Waals surface area contributed by atoms with E-state index in [1.165, 1.54) is 6.07 Å². The van der Waals surface area contributed by atoms with Crippen molar-refractivity contribution in [3.8, 4) is 5.75 Å². The van der Waals surface area contributed by atoms with Crippen molar-refractivity contribution in [2.24, 2.45) is 0 Å². The van der Waals surface area contributed by atoms with Crippen LogP contribution in [0.25, 0.3) is 0 Å². The Morgan fingerprint density at radius 2 is 2.13 bits per heavy atom. The average Bonchev–Trinajstić information content (AvgIpc) is 2.21. The van der Waals surface area contributed by atoms with Crippen LogP contribution in [0.4, 0.5) is 0 Å². The first-order valence-electron chi connectivity index (χ1n) is 4.76. The number of ether oxygens (including phenoxy) is 1. The van der Waals surface area contributed by atoms with E-state index in [9.17, 15) is 15.0 Å². The summed E-state index contributed by atoms with van der Waals surface area (Å²) in [5, 5.41) is 18.8. The summed E-state index contributed by atoms with van der Waals surface area (Å²) in [7, 11) is 0. The van der Waals surface area contributed by atoms with Gasteiger partial charge in [0.1, 0.15) is 5.75 Å². The fourth-order valence-electron chi connectivity index (χ4n) is 1.21. The van der Waals surface area contributed by atoms with Crippen LogP contribution in [-0.2, 0) is 16.0 Å². The number of carbonyl (C=O) groups is 1. The van der Waals surface area contributed by atoms with E-state index in [2.05, 4.69) is 4.74 Å². The fraction of sp³-hybridized carbons (Fsp3) is 0.364. The van der Waals surface area contributed by atoms with E-state index in [4.69, 9.17) is 0 Å². The number of para-hydroxylation sites is 1. The standard InChI is InChI=1S/C11H14O4/c1-2-15-11(14)10(13)7-8-5-3-4-6-9(8)12/h3-6,10,12-13H,2,7H2,1H3. The molecule has 0 aliphatic heterocycles. The Hall–Kier alpha value is -1.55. The van der Waals surface area contributed by atoms with Gasteiger partial charge in [0.25, 0.3) is 0 Å². The number of aromatic hydroxyl groups is 1.